The zero-order valence-electron chi connectivity index (χ0n) is 44.9. The molecule has 0 fully saturated rings. The van der Waals surface area contributed by atoms with Gasteiger partial charge in [-0.05, 0) is 51.4 Å². The summed E-state index contributed by atoms with van der Waals surface area (Å²) in [4.78, 5) is 26.3. The first-order valence-electron chi connectivity index (χ1n) is 29.9. The van der Waals surface area contributed by atoms with Crippen LogP contribution in [-0.4, -0.2) is 46.9 Å². The highest BCUT2D eigenvalue weighted by molar-refractivity contribution is 5.77. The summed E-state index contributed by atoms with van der Waals surface area (Å²) in [6.07, 6.45) is 62.8. The SMILES string of the molecule is CCCCCCCC/C=C/CCCCCCCCCC(=O)OC(CCCCCCCCCCCCCCCCC)CC(=O)NC(CO)C(O)CCCCCCCCCCCCCCCCC. The average molecular weight is 933 g/mol. The number of carbonyl (C=O) groups excluding carboxylic acids is 2. The van der Waals surface area contributed by atoms with Crippen LogP contribution < -0.4 is 5.32 Å². The van der Waals surface area contributed by atoms with Crippen LogP contribution in [-0.2, 0) is 14.3 Å². The number of hydrogen-bond donors (Lipinski definition) is 3. The molecule has 0 aliphatic heterocycles. The summed E-state index contributed by atoms with van der Waals surface area (Å²) in [6.45, 7) is 6.53. The van der Waals surface area contributed by atoms with Crippen LogP contribution in [0.2, 0.25) is 0 Å². The van der Waals surface area contributed by atoms with E-state index in [1.54, 1.807) is 0 Å². The fraction of sp³-hybridized carbons (Fsp3) is 0.933. The molecule has 6 heteroatoms. The number of aliphatic hydroxyl groups is 2. The fourth-order valence-corrected chi connectivity index (χ4v) is 9.55. The molecule has 0 bridgehead atoms. The van der Waals surface area contributed by atoms with Crippen molar-refractivity contribution in [3.05, 3.63) is 12.2 Å². The van der Waals surface area contributed by atoms with E-state index in [0.717, 1.165) is 44.9 Å². The van der Waals surface area contributed by atoms with Gasteiger partial charge in [-0.2, -0.15) is 0 Å². The first-order chi connectivity index (χ1) is 32.5. The highest BCUT2D eigenvalue weighted by Crippen LogP contribution is 2.19. The molecule has 3 atom stereocenters. The number of allylic oxidation sites excluding steroid dienone is 2. The molecule has 0 radical (unpaired) electrons. The maximum absolute atomic E-state index is 13.3. The number of esters is 1. The number of aliphatic hydroxyl groups excluding tert-OH is 2. The van der Waals surface area contributed by atoms with E-state index >= 15 is 0 Å². The second kappa shape index (κ2) is 54.5. The van der Waals surface area contributed by atoms with Gasteiger partial charge in [0.15, 0.2) is 0 Å². The lowest BCUT2D eigenvalue weighted by molar-refractivity contribution is -0.151. The Morgan fingerprint density at radius 1 is 0.424 bits per heavy atom. The summed E-state index contributed by atoms with van der Waals surface area (Å²) in [5.74, 6) is -0.454. The van der Waals surface area contributed by atoms with Gasteiger partial charge in [-0.15, -0.1) is 0 Å². The van der Waals surface area contributed by atoms with Crippen LogP contribution in [0.3, 0.4) is 0 Å². The summed E-state index contributed by atoms with van der Waals surface area (Å²) in [5.41, 5.74) is 0. The minimum atomic E-state index is -0.783. The van der Waals surface area contributed by atoms with Crippen molar-refractivity contribution in [1.82, 2.24) is 5.32 Å². The Morgan fingerprint density at radius 2 is 0.727 bits per heavy atom. The number of nitrogens with one attached hydrogen (secondary N) is 1. The maximum atomic E-state index is 13.3. The van der Waals surface area contributed by atoms with E-state index in [1.807, 2.05) is 0 Å². The first kappa shape index (κ1) is 64.6. The van der Waals surface area contributed by atoms with Crippen molar-refractivity contribution in [3.8, 4) is 0 Å². The summed E-state index contributed by atoms with van der Waals surface area (Å²) in [7, 11) is 0. The number of ether oxygens (including phenoxy) is 1. The van der Waals surface area contributed by atoms with E-state index in [2.05, 4.69) is 38.2 Å². The molecule has 0 aromatic heterocycles. The molecule has 392 valence electrons. The Bertz CT molecular complexity index is 1000. The summed E-state index contributed by atoms with van der Waals surface area (Å²) in [6, 6.07) is -0.697. The minimum absolute atomic E-state index is 0.0841. The molecular weight excluding hydrogens is 815 g/mol. The monoisotopic (exact) mass is 932 g/mol. The van der Waals surface area contributed by atoms with Crippen LogP contribution in [0.1, 0.15) is 335 Å². The Kier molecular flexibility index (Phi) is 53.4. The summed E-state index contributed by atoms with van der Waals surface area (Å²) in [5, 5.41) is 23.9. The van der Waals surface area contributed by atoms with E-state index in [0.29, 0.717) is 19.3 Å². The predicted molar refractivity (Wildman–Crippen MR) is 287 cm³/mol. The van der Waals surface area contributed by atoms with Gasteiger partial charge in [-0.3, -0.25) is 9.59 Å². The van der Waals surface area contributed by atoms with Crippen LogP contribution in [0.4, 0.5) is 0 Å². The zero-order chi connectivity index (χ0) is 48.1. The topological polar surface area (TPSA) is 95.9 Å². The van der Waals surface area contributed by atoms with Gasteiger partial charge in [0, 0.05) is 6.42 Å². The van der Waals surface area contributed by atoms with Gasteiger partial charge in [0.25, 0.3) is 0 Å². The normalized spacial score (nSPS) is 13.1. The number of hydrogen-bond acceptors (Lipinski definition) is 5. The average Bonchev–Trinajstić information content (AvgIpc) is 3.31. The quantitative estimate of drug-likeness (QED) is 0.0321. The number of amides is 1. The number of carbonyl (C=O) groups is 2. The van der Waals surface area contributed by atoms with Gasteiger partial charge in [0.05, 0.1) is 25.2 Å². The number of rotatable bonds is 55. The molecule has 0 rings (SSSR count). The van der Waals surface area contributed by atoms with E-state index < -0.39 is 18.2 Å². The third-order valence-electron chi connectivity index (χ3n) is 14.1. The van der Waals surface area contributed by atoms with Crippen LogP contribution in [0.5, 0.6) is 0 Å². The molecule has 3 N–H and O–H groups in total. The Labute approximate surface area is 412 Å². The van der Waals surface area contributed by atoms with E-state index in [4.69, 9.17) is 4.74 Å². The van der Waals surface area contributed by atoms with E-state index in [1.165, 1.54) is 244 Å². The molecule has 0 aromatic carbocycles. The molecule has 0 aliphatic carbocycles. The first-order valence-corrected chi connectivity index (χ1v) is 29.9. The number of unbranched alkanes of at least 4 members (excludes halogenated alkanes) is 41. The van der Waals surface area contributed by atoms with E-state index in [9.17, 15) is 19.8 Å². The Balaban J connectivity index is 4.50. The lowest BCUT2D eigenvalue weighted by atomic mass is 10.0. The van der Waals surface area contributed by atoms with Crippen molar-refractivity contribution in [1.29, 1.82) is 0 Å². The molecule has 0 aliphatic rings. The molecule has 0 saturated carbocycles. The molecule has 0 saturated heterocycles. The maximum Gasteiger partial charge on any atom is 0.306 e. The fourth-order valence-electron chi connectivity index (χ4n) is 9.55. The molecule has 0 aromatic rings. The van der Waals surface area contributed by atoms with Crippen molar-refractivity contribution in [2.75, 3.05) is 6.61 Å². The lowest BCUT2D eigenvalue weighted by Gasteiger charge is -2.24. The van der Waals surface area contributed by atoms with Crippen molar-refractivity contribution < 1.29 is 24.5 Å². The second-order valence-electron chi connectivity index (χ2n) is 20.8. The second-order valence-corrected chi connectivity index (χ2v) is 20.8. The highest BCUT2D eigenvalue weighted by Gasteiger charge is 2.24. The Hall–Kier alpha value is -1.40. The Morgan fingerprint density at radius 3 is 1.08 bits per heavy atom. The largest absolute Gasteiger partial charge is 0.462 e. The van der Waals surface area contributed by atoms with Crippen LogP contribution in [0.25, 0.3) is 0 Å². The third-order valence-corrected chi connectivity index (χ3v) is 14.1. The van der Waals surface area contributed by atoms with Gasteiger partial charge >= 0.3 is 5.97 Å². The lowest BCUT2D eigenvalue weighted by Crippen LogP contribution is -2.46. The van der Waals surface area contributed by atoms with Gasteiger partial charge in [0.2, 0.25) is 5.91 Å². The summed E-state index contributed by atoms with van der Waals surface area (Å²) >= 11 is 0. The zero-order valence-corrected chi connectivity index (χ0v) is 44.9. The summed E-state index contributed by atoms with van der Waals surface area (Å²) < 4.78 is 5.97. The van der Waals surface area contributed by atoms with E-state index in [-0.39, 0.29) is 24.9 Å². The van der Waals surface area contributed by atoms with Crippen molar-refractivity contribution >= 4 is 11.9 Å². The van der Waals surface area contributed by atoms with Crippen LogP contribution >= 0.6 is 0 Å². The molecule has 66 heavy (non-hydrogen) atoms. The van der Waals surface area contributed by atoms with Crippen molar-refractivity contribution in [3.63, 3.8) is 0 Å². The standard InChI is InChI=1S/C60H117NO5/c1-4-7-10-13-16-19-22-25-28-29-32-35-38-41-44-47-50-53-60(65)66-56(51-48-45-42-39-36-33-30-26-23-20-17-14-11-8-5-2)54-59(64)61-57(55-62)58(63)52-49-46-43-40-37-34-31-27-24-21-18-15-12-9-6-3/h25,28,56-58,62-63H,4-24,26-27,29-55H2,1-3H3,(H,61,64)/b28-25+. The molecule has 3 unspecified atom stereocenters. The van der Waals surface area contributed by atoms with Crippen molar-refractivity contribution in [2.45, 2.75) is 354 Å². The van der Waals surface area contributed by atoms with Gasteiger partial charge in [-0.25, -0.2) is 0 Å². The predicted octanol–water partition coefficient (Wildman–Crippen LogP) is 18.5. The molecule has 1 amide bonds. The van der Waals surface area contributed by atoms with Gasteiger partial charge in [-0.1, -0.05) is 283 Å². The molecule has 6 nitrogen and oxygen atoms in total. The highest BCUT2D eigenvalue weighted by atomic mass is 16.5. The molecule has 0 heterocycles. The van der Waals surface area contributed by atoms with Crippen molar-refractivity contribution in [2.24, 2.45) is 0 Å². The molecular formula is C60H117NO5. The van der Waals surface area contributed by atoms with Gasteiger partial charge in [0.1, 0.15) is 6.10 Å². The smallest absolute Gasteiger partial charge is 0.306 e. The molecule has 0 spiro atoms. The third kappa shape index (κ3) is 49.0. The van der Waals surface area contributed by atoms with Crippen LogP contribution in [0.15, 0.2) is 12.2 Å². The minimum Gasteiger partial charge on any atom is -0.462 e. The van der Waals surface area contributed by atoms with Crippen LogP contribution in [0, 0.1) is 0 Å². The van der Waals surface area contributed by atoms with Gasteiger partial charge < -0.3 is 20.3 Å².